The number of nitrogens with two attached hydrogens (primary N) is 1. The van der Waals surface area contributed by atoms with E-state index in [1.54, 1.807) is 18.2 Å². The summed E-state index contributed by atoms with van der Waals surface area (Å²) in [5.41, 5.74) is 6.63. The monoisotopic (exact) mass is 855 g/mol. The van der Waals surface area contributed by atoms with Crippen LogP contribution in [0.4, 0.5) is 17.1 Å². The van der Waals surface area contributed by atoms with Crippen molar-refractivity contribution in [3.8, 4) is 12.1 Å². The molecule has 4 aromatic rings. The zero-order valence-corrected chi connectivity index (χ0v) is 33.2. The number of aromatic nitrogens is 2. The van der Waals surface area contributed by atoms with Crippen molar-refractivity contribution < 1.29 is 35.0 Å². The molecule has 0 aliphatic heterocycles. The van der Waals surface area contributed by atoms with Crippen LogP contribution in [0.15, 0.2) is 24.5 Å². The largest absolute Gasteiger partial charge is 1.00 e. The molecule has 2 aromatic carbocycles. The van der Waals surface area contributed by atoms with Crippen LogP contribution in [0.3, 0.4) is 0 Å². The average Bonchev–Trinajstić information content (AvgIpc) is 3.00. The zero-order chi connectivity index (χ0) is 34.2. The van der Waals surface area contributed by atoms with Gasteiger partial charge in [-0.2, -0.15) is 10.5 Å². The molecule has 2 aromatic heterocycles. The van der Waals surface area contributed by atoms with Gasteiger partial charge in [-0.15, -0.1) is 0 Å². The quantitative estimate of drug-likeness (QED) is 0.0701. The van der Waals surface area contributed by atoms with Crippen molar-refractivity contribution in [2.24, 2.45) is 0 Å². The molecule has 20 heteroatoms. The maximum atomic E-state index is 9.32. The number of rotatable bonds is 2. The van der Waals surface area contributed by atoms with Gasteiger partial charge in [0.05, 0.1) is 81.2 Å². The molecule has 236 valence electrons. The predicted molar refractivity (Wildman–Crippen MR) is 188 cm³/mol. The number of hydrogen-bond acceptors (Lipinski definition) is 6. The molecule has 0 radical (unpaired) electrons. The van der Waals surface area contributed by atoms with E-state index in [1.165, 1.54) is 12.4 Å². The van der Waals surface area contributed by atoms with Gasteiger partial charge in [0, 0.05) is 18.8 Å². The van der Waals surface area contributed by atoms with Gasteiger partial charge in [-0.05, 0) is 23.3 Å². The van der Waals surface area contributed by atoms with Crippen molar-refractivity contribution in [2.45, 2.75) is 6.42 Å². The van der Waals surface area contributed by atoms with Crippen LogP contribution in [-0.4, -0.2) is 15.4 Å². The van der Waals surface area contributed by atoms with Crippen molar-refractivity contribution in [3.63, 3.8) is 0 Å². The SMILES string of the molecule is Nc1cc(Cl)cnc1Cl.[C-]#[N+]c1c(Cl)c(Cl)c(Cc2cc(Cl)cnc2Cl)c(C#N)c1Cl.[C-]#[N+]c1c(Cl)c(Cl)c(Cl)c(C#N)c1Cl.[Na+].[OH-]. The zero-order valence-electron chi connectivity index (χ0n) is 22.9. The van der Waals surface area contributed by atoms with E-state index in [1.807, 2.05) is 6.07 Å². The molecule has 4 rings (SSSR count). The molecule has 8 nitrogen and oxygen atoms in total. The van der Waals surface area contributed by atoms with Gasteiger partial charge >= 0.3 is 29.6 Å². The molecule has 0 aliphatic carbocycles. The molecular weight excluding hydrogens is 851 g/mol. The van der Waals surface area contributed by atoms with Gasteiger partial charge in [-0.1, -0.05) is 128 Å². The second-order valence-electron chi connectivity index (χ2n) is 7.88. The number of nitrogen functional groups attached to an aromatic ring is 1. The average molecular weight is 860 g/mol. The number of benzene rings is 2. The fraction of sp³-hybridized carbons (Fsp3) is 0.0370. The molecule has 3 N–H and O–H groups in total. The first-order valence-corrected chi connectivity index (χ1v) is 15.3. The summed E-state index contributed by atoms with van der Waals surface area (Å²) in [6.07, 6.45) is 3.01. The number of pyridine rings is 2. The summed E-state index contributed by atoms with van der Waals surface area (Å²) < 4.78 is 0. The molecule has 0 aliphatic rings. The maximum absolute atomic E-state index is 9.32. The first kappa shape index (κ1) is 45.6. The Labute approximate surface area is 345 Å². The number of nitrogens with zero attached hydrogens (tertiary/aromatic N) is 6. The first-order chi connectivity index (χ1) is 21.1. The second-order valence-corrected chi connectivity index (χ2v) is 12.1. The van der Waals surface area contributed by atoms with Gasteiger partial charge < -0.3 is 11.2 Å². The number of nitriles is 2. The van der Waals surface area contributed by atoms with Gasteiger partial charge in [0.2, 0.25) is 11.4 Å². The molecule has 47 heavy (non-hydrogen) atoms. The van der Waals surface area contributed by atoms with E-state index >= 15 is 0 Å². The minimum absolute atomic E-state index is 0. The van der Waals surface area contributed by atoms with E-state index in [9.17, 15) is 5.26 Å². The smallest absolute Gasteiger partial charge is 0.870 e. The van der Waals surface area contributed by atoms with Crippen LogP contribution in [0.25, 0.3) is 9.69 Å². The van der Waals surface area contributed by atoms with E-state index in [-0.39, 0.29) is 104 Å². The minimum Gasteiger partial charge on any atom is -0.870 e. The fourth-order valence-electron chi connectivity index (χ4n) is 3.11. The van der Waals surface area contributed by atoms with Gasteiger partial charge in [-0.3, -0.25) is 0 Å². The number of anilines is 1. The van der Waals surface area contributed by atoms with Crippen molar-refractivity contribution >= 4 is 145 Å². The molecule has 0 unspecified atom stereocenters. The first-order valence-electron chi connectivity index (χ1n) is 11.1. The Kier molecular flexibility index (Phi) is 20.4. The van der Waals surface area contributed by atoms with Crippen LogP contribution < -0.4 is 35.3 Å². The third-order valence-corrected chi connectivity index (χ3v) is 9.17. The Morgan fingerprint density at radius 2 is 1.09 bits per heavy atom. The summed E-state index contributed by atoms with van der Waals surface area (Å²) in [5, 5.41) is 19.3. The van der Waals surface area contributed by atoms with E-state index in [4.69, 9.17) is 152 Å². The molecule has 0 fully saturated rings. The third kappa shape index (κ3) is 11.3. The molecule has 0 spiro atoms. The predicted octanol–water partition coefficient (Wildman–Crippen LogP) is 9.88. The van der Waals surface area contributed by atoms with Gasteiger partial charge in [0.15, 0.2) is 5.15 Å². The molecule has 0 amide bonds. The molecular formula is C27H9Cl11N7NaO. The van der Waals surface area contributed by atoms with Crippen LogP contribution in [0.5, 0.6) is 0 Å². The molecule has 0 saturated carbocycles. The number of hydrogen-bond donors (Lipinski definition) is 1. The summed E-state index contributed by atoms with van der Waals surface area (Å²) in [4.78, 5) is 13.9. The third-order valence-electron chi connectivity index (χ3n) is 5.16. The van der Waals surface area contributed by atoms with Crippen molar-refractivity contribution in [3.05, 3.63) is 125 Å². The van der Waals surface area contributed by atoms with Crippen molar-refractivity contribution in [2.75, 3.05) is 5.73 Å². The molecule has 0 atom stereocenters. The Morgan fingerprint density at radius 1 is 0.638 bits per heavy atom. The molecule has 2 heterocycles. The molecule has 0 bridgehead atoms. The van der Waals surface area contributed by atoms with E-state index in [0.717, 1.165) is 0 Å². The van der Waals surface area contributed by atoms with Crippen molar-refractivity contribution in [1.29, 1.82) is 10.5 Å². The summed E-state index contributed by atoms with van der Waals surface area (Å²) in [7, 11) is 0. The van der Waals surface area contributed by atoms with E-state index in [2.05, 4.69) is 19.7 Å². The Morgan fingerprint density at radius 3 is 1.53 bits per heavy atom. The van der Waals surface area contributed by atoms with Crippen LogP contribution in [-0.2, 0) is 6.42 Å². The van der Waals surface area contributed by atoms with Crippen molar-refractivity contribution in [1.82, 2.24) is 9.97 Å². The Balaban J connectivity index is 0.000000727. The van der Waals surface area contributed by atoms with Gasteiger partial charge in [0.25, 0.3) is 0 Å². The summed E-state index contributed by atoms with van der Waals surface area (Å²) in [6, 6.07) is 6.86. The topological polar surface area (TPSA) is 138 Å². The summed E-state index contributed by atoms with van der Waals surface area (Å²) in [5.74, 6) is 0. The number of halogens is 11. The van der Waals surface area contributed by atoms with Crippen LogP contribution >= 0.6 is 128 Å². The van der Waals surface area contributed by atoms with Gasteiger partial charge in [-0.25, -0.2) is 19.7 Å². The van der Waals surface area contributed by atoms with Crippen LogP contribution in [0.1, 0.15) is 22.3 Å². The normalized spacial score (nSPS) is 9.34. The summed E-state index contributed by atoms with van der Waals surface area (Å²) in [6.45, 7) is 13.9. The maximum Gasteiger partial charge on any atom is 1.00 e. The van der Waals surface area contributed by atoms with Crippen LogP contribution in [0.2, 0.25) is 55.5 Å². The fourth-order valence-corrected chi connectivity index (χ4v) is 5.64. The van der Waals surface area contributed by atoms with E-state index in [0.29, 0.717) is 32.0 Å². The molecule has 0 saturated heterocycles. The minimum atomic E-state index is -0.0677. The Bertz CT molecular complexity index is 1940. The summed E-state index contributed by atoms with van der Waals surface area (Å²) >= 11 is 64.1. The Hall–Kier alpha value is -1.35. The van der Waals surface area contributed by atoms with Gasteiger partial charge in [0.1, 0.15) is 11.2 Å². The van der Waals surface area contributed by atoms with E-state index < -0.39 is 0 Å². The van der Waals surface area contributed by atoms with Crippen LogP contribution in [0, 0.1) is 35.8 Å². The standard InChI is InChI=1S/C14H4Cl5N3.C8Cl4N2.C5H4Cl2N2.Na.H2O/c1-21-13-11(17)9(4-20)8(10(16)12(13)18)3-6-2-7(15)5-22-14(6)19;1-14-8-5(10)3(2-13)4(9)6(11)7(8)12;6-3-1-4(8)5(7)9-2-3;;/h2,5H,3H2;;1-2H,8H2;;1H2/q;;;+1;/p-1. The second kappa shape index (κ2) is 21.0.